The number of rotatable bonds is 2. The van der Waals surface area contributed by atoms with Crippen LogP contribution >= 0.6 is 0 Å². The zero-order valence-corrected chi connectivity index (χ0v) is 13.4. The van der Waals surface area contributed by atoms with Crippen molar-refractivity contribution in [2.45, 2.75) is 38.4 Å². The summed E-state index contributed by atoms with van der Waals surface area (Å²) in [7, 11) is 0. The van der Waals surface area contributed by atoms with Gasteiger partial charge in [0, 0.05) is 18.3 Å². The molecule has 0 unspecified atom stereocenters. The highest BCUT2D eigenvalue weighted by atomic mass is 19.2. The summed E-state index contributed by atoms with van der Waals surface area (Å²) in [6.45, 7) is 3.25. The van der Waals surface area contributed by atoms with Crippen molar-refractivity contribution in [2.75, 3.05) is 0 Å². The molecule has 1 aliphatic carbocycles. The molecule has 2 bridgehead atoms. The molecule has 1 heterocycles. The summed E-state index contributed by atoms with van der Waals surface area (Å²) in [5.74, 6) is -10.8. The second kappa shape index (κ2) is 6.17. The predicted molar refractivity (Wildman–Crippen MR) is 76.5 cm³/mol. The quantitative estimate of drug-likeness (QED) is 0.344. The van der Waals surface area contributed by atoms with Gasteiger partial charge in [0.25, 0.3) is 0 Å². The van der Waals surface area contributed by atoms with Gasteiger partial charge in [-0.3, -0.25) is 4.79 Å². The van der Waals surface area contributed by atoms with E-state index in [2.05, 4.69) is 0 Å². The Labute approximate surface area is 140 Å². The molecule has 4 atom stereocenters. The Kier molecular flexibility index (Phi) is 4.45. The molecule has 3 nitrogen and oxygen atoms in total. The summed E-state index contributed by atoms with van der Waals surface area (Å²) in [5.41, 5.74) is -2.30. The Morgan fingerprint density at radius 1 is 1.04 bits per heavy atom. The molecule has 25 heavy (non-hydrogen) atoms. The van der Waals surface area contributed by atoms with E-state index >= 15 is 0 Å². The van der Waals surface area contributed by atoms with E-state index < -0.39 is 46.4 Å². The van der Waals surface area contributed by atoms with Gasteiger partial charge in [0.1, 0.15) is 17.5 Å². The third-order valence-corrected chi connectivity index (χ3v) is 5.02. The monoisotopic (exact) mass is 362 g/mol. The van der Waals surface area contributed by atoms with Crippen molar-refractivity contribution in [1.29, 1.82) is 0 Å². The number of ketones is 1. The van der Waals surface area contributed by atoms with E-state index in [1.54, 1.807) is 6.92 Å². The molecule has 0 N–H and O–H groups in total. The van der Waals surface area contributed by atoms with Crippen LogP contribution in [0.1, 0.15) is 32.3 Å². The van der Waals surface area contributed by atoms with Gasteiger partial charge in [0.2, 0.25) is 5.82 Å². The molecule has 1 aromatic rings. The molecule has 0 radical (unpaired) electrons. The molecule has 0 aromatic heterocycles. The molecular weight excluding hydrogens is 347 g/mol. The highest BCUT2D eigenvalue weighted by Crippen LogP contribution is 2.43. The summed E-state index contributed by atoms with van der Waals surface area (Å²) in [6.07, 6.45) is 2.18. The van der Waals surface area contributed by atoms with E-state index in [0.717, 1.165) is 12.2 Å². The van der Waals surface area contributed by atoms with Gasteiger partial charge in [-0.2, -0.15) is 0 Å². The van der Waals surface area contributed by atoms with Crippen LogP contribution in [0.4, 0.5) is 22.0 Å². The molecule has 1 saturated carbocycles. The van der Waals surface area contributed by atoms with Crippen LogP contribution < -0.4 is 0 Å². The minimum absolute atomic E-state index is 0.0274. The fourth-order valence-electron chi connectivity index (χ4n) is 3.18. The van der Waals surface area contributed by atoms with Crippen LogP contribution in [0.15, 0.2) is 6.08 Å². The maximum atomic E-state index is 13.7. The average Bonchev–Trinajstić information content (AvgIpc) is 2.59. The van der Waals surface area contributed by atoms with Gasteiger partial charge in [-0.05, 0) is 25.5 Å². The van der Waals surface area contributed by atoms with Crippen LogP contribution in [-0.4, -0.2) is 17.5 Å². The summed E-state index contributed by atoms with van der Waals surface area (Å²) in [6, 6.07) is 0. The zero-order valence-electron chi connectivity index (χ0n) is 13.4. The van der Waals surface area contributed by atoms with Crippen molar-refractivity contribution in [2.24, 2.45) is 11.8 Å². The van der Waals surface area contributed by atoms with Gasteiger partial charge in [0.05, 0.1) is 5.56 Å². The normalized spacial score (nSPS) is 32.4. The second-order valence-corrected chi connectivity index (χ2v) is 6.61. The standard InChI is InChI=1S/C17H15F5O3/c1-7-10(23)5-8-6-11(7)24-25-17(8,2)4-3-9-12(18)14(20)16(22)15(21)13(9)19/h3-4,7-8,11H,5-6H2,1-2H3/b4-3-/t7-,8+,11+,17+/m1/s1. The maximum Gasteiger partial charge on any atom is 0.200 e. The number of hydrogen-bond acceptors (Lipinski definition) is 3. The highest BCUT2D eigenvalue weighted by molar-refractivity contribution is 5.82. The lowest BCUT2D eigenvalue weighted by Crippen LogP contribution is -2.52. The Morgan fingerprint density at radius 2 is 1.60 bits per heavy atom. The van der Waals surface area contributed by atoms with Crippen LogP contribution in [-0.2, 0) is 14.6 Å². The summed E-state index contributed by atoms with van der Waals surface area (Å²) in [4.78, 5) is 22.5. The molecule has 2 fully saturated rings. The van der Waals surface area contributed by atoms with Crippen LogP contribution in [0.25, 0.3) is 6.08 Å². The third kappa shape index (κ3) is 2.87. The van der Waals surface area contributed by atoms with E-state index in [1.165, 1.54) is 6.92 Å². The van der Waals surface area contributed by atoms with Crippen molar-refractivity contribution in [1.82, 2.24) is 0 Å². The molecule has 136 valence electrons. The Hall–Kier alpha value is -1.80. The summed E-state index contributed by atoms with van der Waals surface area (Å²) < 4.78 is 67.1. The van der Waals surface area contributed by atoms with Gasteiger partial charge in [-0.25, -0.2) is 31.7 Å². The lowest BCUT2D eigenvalue weighted by atomic mass is 9.71. The number of fused-ring (bicyclic) bond motifs is 2. The first-order valence-corrected chi connectivity index (χ1v) is 7.73. The molecule has 8 heteroatoms. The SMILES string of the molecule is C[C@@H]1C(=O)C[C@H]2C[C@@H]1OO[C@@]2(C)/C=C\c1c(F)c(F)c(F)c(F)c1F. The summed E-state index contributed by atoms with van der Waals surface area (Å²) in [5, 5.41) is 0. The first kappa shape index (κ1) is 18.0. The fraction of sp³-hybridized carbons (Fsp3) is 0.471. The zero-order chi connectivity index (χ0) is 18.5. The lowest BCUT2D eigenvalue weighted by Gasteiger charge is -2.45. The van der Waals surface area contributed by atoms with Crippen LogP contribution in [0.5, 0.6) is 0 Å². The molecule has 0 amide bonds. The Bertz CT molecular complexity index is 734. The van der Waals surface area contributed by atoms with E-state index in [4.69, 9.17) is 9.78 Å². The van der Waals surface area contributed by atoms with E-state index in [0.29, 0.717) is 6.42 Å². The molecule has 0 spiro atoms. The number of Topliss-reactive ketones (excluding diaryl/α,β-unsaturated/α-hetero) is 1. The number of carbonyl (C=O) groups excluding carboxylic acids is 1. The van der Waals surface area contributed by atoms with E-state index in [-0.39, 0.29) is 24.0 Å². The lowest BCUT2D eigenvalue weighted by molar-refractivity contribution is -0.415. The number of carbonyl (C=O) groups is 1. The topological polar surface area (TPSA) is 35.5 Å². The first-order chi connectivity index (χ1) is 11.7. The number of benzene rings is 1. The fourth-order valence-corrected chi connectivity index (χ4v) is 3.18. The predicted octanol–water partition coefficient (Wildman–Crippen LogP) is 4.10. The van der Waals surface area contributed by atoms with Gasteiger partial charge in [-0.1, -0.05) is 6.92 Å². The molecule has 2 aliphatic rings. The Morgan fingerprint density at radius 3 is 2.20 bits per heavy atom. The van der Waals surface area contributed by atoms with Crippen molar-refractivity contribution in [3.05, 3.63) is 40.7 Å². The van der Waals surface area contributed by atoms with Crippen LogP contribution in [0.3, 0.4) is 0 Å². The van der Waals surface area contributed by atoms with E-state index in [1.807, 2.05) is 0 Å². The molecule has 1 saturated heterocycles. The largest absolute Gasteiger partial charge is 0.299 e. The van der Waals surface area contributed by atoms with E-state index in [9.17, 15) is 26.7 Å². The molecule has 1 aliphatic heterocycles. The number of halogens is 5. The molecule has 3 rings (SSSR count). The van der Waals surface area contributed by atoms with Crippen molar-refractivity contribution in [3.8, 4) is 0 Å². The average molecular weight is 362 g/mol. The van der Waals surface area contributed by atoms with Gasteiger partial charge < -0.3 is 0 Å². The van der Waals surface area contributed by atoms with Crippen molar-refractivity contribution < 1.29 is 36.5 Å². The van der Waals surface area contributed by atoms with Crippen molar-refractivity contribution in [3.63, 3.8) is 0 Å². The summed E-state index contributed by atoms with van der Waals surface area (Å²) >= 11 is 0. The molecule has 1 aromatic carbocycles. The van der Waals surface area contributed by atoms with Gasteiger partial charge in [0.15, 0.2) is 23.3 Å². The highest BCUT2D eigenvalue weighted by Gasteiger charge is 2.48. The van der Waals surface area contributed by atoms with Gasteiger partial charge >= 0.3 is 0 Å². The van der Waals surface area contributed by atoms with Crippen LogP contribution in [0.2, 0.25) is 0 Å². The third-order valence-electron chi connectivity index (χ3n) is 5.02. The van der Waals surface area contributed by atoms with Crippen molar-refractivity contribution >= 4 is 11.9 Å². The number of hydrogen-bond donors (Lipinski definition) is 0. The molecular formula is C17H15F5O3. The minimum atomic E-state index is -2.22. The van der Waals surface area contributed by atoms with Crippen LogP contribution in [0, 0.1) is 40.9 Å². The maximum absolute atomic E-state index is 13.7. The smallest absolute Gasteiger partial charge is 0.200 e. The first-order valence-electron chi connectivity index (χ1n) is 7.73. The Balaban J connectivity index is 1.94. The minimum Gasteiger partial charge on any atom is -0.299 e. The second-order valence-electron chi connectivity index (χ2n) is 6.61. The van der Waals surface area contributed by atoms with Gasteiger partial charge in [-0.15, -0.1) is 0 Å².